The van der Waals surface area contributed by atoms with Crippen molar-refractivity contribution in [3.05, 3.63) is 41.6 Å². The van der Waals surface area contributed by atoms with Gasteiger partial charge in [0.05, 0.1) is 10.5 Å². The van der Waals surface area contributed by atoms with Crippen molar-refractivity contribution in [3.63, 3.8) is 0 Å². The van der Waals surface area contributed by atoms with E-state index in [4.69, 9.17) is 5.26 Å². The van der Waals surface area contributed by atoms with Crippen LogP contribution in [0.25, 0.3) is 0 Å². The first-order chi connectivity index (χ1) is 13.6. The van der Waals surface area contributed by atoms with Gasteiger partial charge in [-0.05, 0) is 38.0 Å². The SMILES string of the molecule is C/N=C\C=C(/C)NC(=O)N1CCC(C(F)(F)S(=O)(=O)c2ccccc2C#N)CC1. The second-order valence-electron chi connectivity index (χ2n) is 6.62. The maximum Gasteiger partial charge on any atom is 0.352 e. The van der Waals surface area contributed by atoms with Crippen molar-refractivity contribution in [3.8, 4) is 6.07 Å². The van der Waals surface area contributed by atoms with E-state index in [-0.39, 0.29) is 31.5 Å². The zero-order valence-electron chi connectivity index (χ0n) is 16.1. The number of alkyl halides is 2. The van der Waals surface area contributed by atoms with Gasteiger partial charge in [0.15, 0.2) is 0 Å². The minimum atomic E-state index is -5.05. The first-order valence-electron chi connectivity index (χ1n) is 8.91. The van der Waals surface area contributed by atoms with Gasteiger partial charge in [0.25, 0.3) is 0 Å². The average molecular weight is 424 g/mol. The number of piperidine rings is 1. The molecule has 1 heterocycles. The van der Waals surface area contributed by atoms with E-state index in [1.54, 1.807) is 26.1 Å². The second-order valence-corrected chi connectivity index (χ2v) is 8.61. The molecule has 1 aliphatic rings. The maximum absolute atomic E-state index is 14.9. The highest BCUT2D eigenvalue weighted by molar-refractivity contribution is 7.92. The lowest BCUT2D eigenvalue weighted by Gasteiger charge is -2.35. The fourth-order valence-electron chi connectivity index (χ4n) is 3.05. The van der Waals surface area contributed by atoms with E-state index >= 15 is 0 Å². The molecule has 0 unspecified atom stereocenters. The lowest BCUT2D eigenvalue weighted by molar-refractivity contribution is -0.000175. The molecule has 7 nitrogen and oxygen atoms in total. The van der Waals surface area contributed by atoms with Crippen LogP contribution in [0.15, 0.2) is 45.9 Å². The van der Waals surface area contributed by atoms with E-state index in [0.717, 1.165) is 6.07 Å². The van der Waals surface area contributed by atoms with Crippen molar-refractivity contribution in [2.24, 2.45) is 10.9 Å². The molecule has 10 heteroatoms. The lowest BCUT2D eigenvalue weighted by Crippen LogP contribution is -2.48. The number of sulfone groups is 1. The van der Waals surface area contributed by atoms with E-state index in [1.807, 2.05) is 0 Å². The number of urea groups is 1. The van der Waals surface area contributed by atoms with Gasteiger partial charge in [0.1, 0.15) is 6.07 Å². The summed E-state index contributed by atoms with van der Waals surface area (Å²) in [6, 6.07) is 6.12. The van der Waals surface area contributed by atoms with Gasteiger partial charge < -0.3 is 10.2 Å². The van der Waals surface area contributed by atoms with Crippen LogP contribution >= 0.6 is 0 Å². The van der Waals surface area contributed by atoms with Gasteiger partial charge in [-0.3, -0.25) is 4.99 Å². The van der Waals surface area contributed by atoms with Crippen LogP contribution in [0.1, 0.15) is 25.3 Å². The Morgan fingerprint density at radius 1 is 1.34 bits per heavy atom. The summed E-state index contributed by atoms with van der Waals surface area (Å²) in [7, 11) is -3.46. The number of halogens is 2. The van der Waals surface area contributed by atoms with Gasteiger partial charge in [0.2, 0.25) is 9.84 Å². The fourth-order valence-corrected chi connectivity index (χ4v) is 4.68. The standard InChI is InChI=1S/C19H22F2N4O3S/c1-14(7-10-23-2)24-18(26)25-11-8-16(9-12-25)19(20,21)29(27,28)17-6-4-3-5-15(17)13-22/h3-7,10,16H,8-9,11-12H2,1-2H3,(H,24,26)/b14-7+,23-10-. The normalized spacial score (nSPS) is 16.7. The van der Waals surface area contributed by atoms with Crippen molar-refractivity contribution >= 4 is 22.1 Å². The molecule has 0 aliphatic carbocycles. The molecule has 1 N–H and O–H groups in total. The Hall–Kier alpha value is -2.80. The summed E-state index contributed by atoms with van der Waals surface area (Å²) in [6.07, 6.45) is 2.76. The molecule has 2 rings (SSSR count). The highest BCUT2D eigenvalue weighted by Crippen LogP contribution is 2.41. The molecule has 1 fully saturated rings. The highest BCUT2D eigenvalue weighted by atomic mass is 32.2. The highest BCUT2D eigenvalue weighted by Gasteiger charge is 2.54. The van der Waals surface area contributed by atoms with Crippen LogP contribution in [0.3, 0.4) is 0 Å². The van der Waals surface area contributed by atoms with Crippen LogP contribution in [0.5, 0.6) is 0 Å². The molecule has 0 saturated carbocycles. The Morgan fingerprint density at radius 3 is 2.55 bits per heavy atom. The Bertz CT molecular complexity index is 960. The molecule has 156 valence electrons. The second kappa shape index (κ2) is 9.13. The van der Waals surface area contributed by atoms with Crippen molar-refractivity contribution in [2.45, 2.75) is 29.9 Å². The number of amides is 2. The Morgan fingerprint density at radius 2 is 1.97 bits per heavy atom. The van der Waals surface area contributed by atoms with Gasteiger partial charge >= 0.3 is 11.3 Å². The Labute approximate surface area is 168 Å². The molecule has 1 aromatic carbocycles. The molecule has 1 saturated heterocycles. The first kappa shape index (κ1) is 22.5. The summed E-state index contributed by atoms with van der Waals surface area (Å²) in [5.74, 6) is -1.45. The van der Waals surface area contributed by atoms with Crippen LogP contribution < -0.4 is 5.32 Å². The number of likely N-dealkylation sites (tertiary alicyclic amines) is 1. The maximum atomic E-state index is 14.9. The average Bonchev–Trinajstić information content (AvgIpc) is 2.72. The minimum Gasteiger partial charge on any atom is -0.325 e. The molecular formula is C19H22F2N4O3S. The number of carbonyl (C=O) groups excluding carboxylic acids is 1. The number of nitrogens with one attached hydrogen (secondary N) is 1. The summed E-state index contributed by atoms with van der Waals surface area (Å²) in [6.45, 7) is 1.66. The van der Waals surface area contributed by atoms with Crippen molar-refractivity contribution in [1.29, 1.82) is 5.26 Å². The molecule has 2 amide bonds. The predicted molar refractivity (Wildman–Crippen MR) is 104 cm³/mol. The van der Waals surface area contributed by atoms with Gasteiger partial charge in [-0.1, -0.05) is 12.1 Å². The van der Waals surface area contributed by atoms with Crippen molar-refractivity contribution in [2.75, 3.05) is 20.1 Å². The third-order valence-corrected chi connectivity index (χ3v) is 6.68. The van der Waals surface area contributed by atoms with E-state index in [0.29, 0.717) is 5.70 Å². The molecular weight excluding hydrogens is 402 g/mol. The molecule has 0 radical (unpaired) electrons. The molecule has 0 bridgehead atoms. The fraction of sp³-hybridized carbons (Fsp3) is 0.421. The quantitative estimate of drug-likeness (QED) is 0.734. The molecule has 29 heavy (non-hydrogen) atoms. The number of nitrogens with zero attached hydrogens (tertiary/aromatic N) is 3. The number of benzene rings is 1. The monoisotopic (exact) mass is 424 g/mol. The summed E-state index contributed by atoms with van der Waals surface area (Å²) >= 11 is 0. The van der Waals surface area contributed by atoms with Crippen LogP contribution in [0.2, 0.25) is 0 Å². The van der Waals surface area contributed by atoms with E-state index in [1.165, 1.54) is 29.3 Å². The van der Waals surface area contributed by atoms with E-state index in [2.05, 4.69) is 10.3 Å². The zero-order chi connectivity index (χ0) is 21.7. The summed E-state index contributed by atoms with van der Waals surface area (Å²) in [5.41, 5.74) is 0.227. The van der Waals surface area contributed by atoms with Crippen molar-refractivity contribution < 1.29 is 22.0 Å². The first-order valence-corrected chi connectivity index (χ1v) is 10.4. The van der Waals surface area contributed by atoms with Gasteiger partial charge in [0, 0.05) is 38.0 Å². The zero-order valence-corrected chi connectivity index (χ0v) is 16.9. The number of carbonyl (C=O) groups is 1. The number of nitriles is 1. The van der Waals surface area contributed by atoms with Crippen LogP contribution in [-0.2, 0) is 9.84 Å². The smallest absolute Gasteiger partial charge is 0.325 e. The van der Waals surface area contributed by atoms with Crippen LogP contribution in [0, 0.1) is 17.2 Å². The number of allylic oxidation sites excluding steroid dienone is 2. The van der Waals surface area contributed by atoms with Crippen LogP contribution in [-0.4, -0.2) is 51.0 Å². The Balaban J connectivity index is 2.11. The summed E-state index contributed by atoms with van der Waals surface area (Å²) in [5, 5.41) is 7.63. The van der Waals surface area contributed by atoms with Crippen LogP contribution in [0.4, 0.5) is 13.6 Å². The number of aliphatic imine (C=N–C) groups is 1. The topological polar surface area (TPSA) is 103 Å². The largest absolute Gasteiger partial charge is 0.352 e. The molecule has 1 aliphatic heterocycles. The molecule has 0 atom stereocenters. The van der Waals surface area contributed by atoms with Gasteiger partial charge in [-0.2, -0.15) is 14.0 Å². The van der Waals surface area contributed by atoms with Gasteiger partial charge in [-0.25, -0.2) is 13.2 Å². The number of hydrogen-bond acceptors (Lipinski definition) is 5. The van der Waals surface area contributed by atoms with Gasteiger partial charge in [-0.15, -0.1) is 0 Å². The van der Waals surface area contributed by atoms with E-state index < -0.39 is 31.9 Å². The predicted octanol–water partition coefficient (Wildman–Crippen LogP) is 2.95. The van der Waals surface area contributed by atoms with E-state index in [9.17, 15) is 22.0 Å². The third kappa shape index (κ3) is 4.79. The summed E-state index contributed by atoms with van der Waals surface area (Å²) < 4.78 is 55.0. The Kier molecular flexibility index (Phi) is 7.08. The number of hydrogen-bond donors (Lipinski definition) is 1. The third-order valence-electron chi connectivity index (χ3n) is 4.69. The lowest BCUT2D eigenvalue weighted by atomic mass is 9.97. The van der Waals surface area contributed by atoms with Crippen molar-refractivity contribution in [1.82, 2.24) is 10.2 Å². The molecule has 0 aromatic heterocycles. The molecule has 0 spiro atoms. The summed E-state index contributed by atoms with van der Waals surface area (Å²) in [4.78, 5) is 16.7. The molecule has 1 aromatic rings. The minimum absolute atomic E-state index is 0.00332. The number of rotatable bonds is 5.